The van der Waals surface area contributed by atoms with Crippen molar-refractivity contribution >= 4 is 11.9 Å². The topological polar surface area (TPSA) is 70.7 Å². The van der Waals surface area contributed by atoms with E-state index in [9.17, 15) is 9.59 Å². The van der Waals surface area contributed by atoms with Gasteiger partial charge < -0.3 is 20.3 Å². The summed E-state index contributed by atoms with van der Waals surface area (Å²) >= 11 is 0. The summed E-state index contributed by atoms with van der Waals surface area (Å²) in [5, 5.41) is 6.27. The first-order valence-corrected chi connectivity index (χ1v) is 6.47. The smallest absolute Gasteiger partial charge is 0.328 e. The molecule has 0 aromatic heterocycles. The van der Waals surface area contributed by atoms with E-state index >= 15 is 0 Å². The molecule has 0 aliphatic carbocycles. The van der Waals surface area contributed by atoms with Crippen LogP contribution >= 0.6 is 0 Å². The minimum Gasteiger partial charge on any atom is -0.467 e. The summed E-state index contributed by atoms with van der Waals surface area (Å²) in [6.07, 6.45) is 2.48. The van der Waals surface area contributed by atoms with Crippen LogP contribution < -0.4 is 10.6 Å². The second kappa shape index (κ2) is 5.67. The number of likely N-dealkylation sites (N-methyl/N-ethyl adjacent to an activating group) is 1. The van der Waals surface area contributed by atoms with E-state index in [4.69, 9.17) is 4.74 Å². The molecule has 0 aromatic rings. The number of amides is 1. The Kier molecular flexibility index (Phi) is 4.19. The van der Waals surface area contributed by atoms with Gasteiger partial charge in [-0.2, -0.15) is 0 Å². The third kappa shape index (κ3) is 2.35. The van der Waals surface area contributed by atoms with Crippen LogP contribution in [0.3, 0.4) is 0 Å². The number of carbonyl (C=O) groups excluding carboxylic acids is 2. The Morgan fingerprint density at radius 2 is 2.22 bits per heavy atom. The molecule has 2 N–H and O–H groups in total. The molecule has 2 heterocycles. The maximum atomic E-state index is 12.5. The highest BCUT2D eigenvalue weighted by Gasteiger charge is 2.43. The first-order chi connectivity index (χ1) is 8.69. The SMILES string of the molecule is CN[C@H]1CNCC[C@H]2CC[C@@H](C(=O)OC)N2C1=O. The van der Waals surface area contributed by atoms with Crippen LogP contribution in [-0.4, -0.2) is 62.1 Å². The van der Waals surface area contributed by atoms with Crippen LogP contribution in [0.5, 0.6) is 0 Å². The van der Waals surface area contributed by atoms with Crippen LogP contribution in [0, 0.1) is 0 Å². The molecule has 2 aliphatic heterocycles. The molecule has 2 fully saturated rings. The Morgan fingerprint density at radius 3 is 2.89 bits per heavy atom. The minimum atomic E-state index is -0.401. The molecule has 0 spiro atoms. The normalized spacial score (nSPS) is 32.7. The van der Waals surface area contributed by atoms with Crippen LogP contribution in [0.25, 0.3) is 0 Å². The van der Waals surface area contributed by atoms with Gasteiger partial charge in [0.25, 0.3) is 0 Å². The van der Waals surface area contributed by atoms with Crippen molar-refractivity contribution in [3.63, 3.8) is 0 Å². The van der Waals surface area contributed by atoms with E-state index in [0.717, 1.165) is 19.4 Å². The number of fused-ring (bicyclic) bond motifs is 1. The van der Waals surface area contributed by atoms with Crippen molar-refractivity contribution in [2.24, 2.45) is 0 Å². The molecule has 6 nitrogen and oxygen atoms in total. The van der Waals surface area contributed by atoms with Crippen molar-refractivity contribution in [2.45, 2.75) is 37.4 Å². The highest BCUT2D eigenvalue weighted by molar-refractivity contribution is 5.88. The third-order valence-electron chi connectivity index (χ3n) is 3.88. The molecule has 2 rings (SSSR count). The molecule has 0 bridgehead atoms. The summed E-state index contributed by atoms with van der Waals surface area (Å²) in [4.78, 5) is 26.0. The van der Waals surface area contributed by atoms with Gasteiger partial charge >= 0.3 is 5.97 Å². The fourth-order valence-electron chi connectivity index (χ4n) is 2.88. The average molecular weight is 255 g/mol. The quantitative estimate of drug-likeness (QED) is 0.626. The lowest BCUT2D eigenvalue weighted by molar-refractivity contribution is -0.153. The lowest BCUT2D eigenvalue weighted by Gasteiger charge is -2.34. The van der Waals surface area contributed by atoms with E-state index < -0.39 is 6.04 Å². The van der Waals surface area contributed by atoms with Gasteiger partial charge in [-0.15, -0.1) is 0 Å². The van der Waals surface area contributed by atoms with E-state index in [1.54, 1.807) is 11.9 Å². The summed E-state index contributed by atoms with van der Waals surface area (Å²) < 4.78 is 4.80. The van der Waals surface area contributed by atoms with E-state index in [2.05, 4.69) is 10.6 Å². The fourth-order valence-corrected chi connectivity index (χ4v) is 2.88. The Hall–Kier alpha value is -1.14. The van der Waals surface area contributed by atoms with Crippen molar-refractivity contribution in [3.05, 3.63) is 0 Å². The van der Waals surface area contributed by atoms with E-state index in [1.165, 1.54) is 7.11 Å². The Bertz CT molecular complexity index is 335. The molecular formula is C12H21N3O3. The Morgan fingerprint density at radius 1 is 1.44 bits per heavy atom. The van der Waals surface area contributed by atoms with Gasteiger partial charge in [0.05, 0.1) is 13.2 Å². The van der Waals surface area contributed by atoms with Crippen molar-refractivity contribution < 1.29 is 14.3 Å². The molecule has 1 amide bonds. The average Bonchev–Trinajstić information content (AvgIpc) is 2.78. The highest BCUT2D eigenvalue weighted by atomic mass is 16.5. The summed E-state index contributed by atoms with van der Waals surface area (Å²) in [6.45, 7) is 1.48. The van der Waals surface area contributed by atoms with Crippen LogP contribution in [0.1, 0.15) is 19.3 Å². The number of rotatable bonds is 2. The molecule has 0 unspecified atom stereocenters. The Labute approximate surface area is 107 Å². The van der Waals surface area contributed by atoms with Gasteiger partial charge in [-0.3, -0.25) is 4.79 Å². The molecule has 2 aliphatic rings. The molecular weight excluding hydrogens is 234 g/mol. The zero-order valence-electron chi connectivity index (χ0n) is 10.9. The monoisotopic (exact) mass is 255 g/mol. The summed E-state index contributed by atoms with van der Waals surface area (Å²) in [5.74, 6) is -0.295. The Balaban J connectivity index is 2.20. The molecule has 0 saturated carbocycles. The molecule has 102 valence electrons. The lowest BCUT2D eigenvalue weighted by atomic mass is 10.1. The van der Waals surface area contributed by atoms with Gasteiger partial charge in [-0.1, -0.05) is 0 Å². The number of carbonyl (C=O) groups is 2. The van der Waals surface area contributed by atoms with Crippen LogP contribution in [0.4, 0.5) is 0 Å². The number of ether oxygens (including phenoxy) is 1. The predicted molar refractivity (Wildman–Crippen MR) is 66.0 cm³/mol. The minimum absolute atomic E-state index is 0.00241. The summed E-state index contributed by atoms with van der Waals surface area (Å²) in [6, 6.07) is -0.509. The van der Waals surface area contributed by atoms with Crippen molar-refractivity contribution in [2.75, 3.05) is 27.2 Å². The van der Waals surface area contributed by atoms with E-state index in [0.29, 0.717) is 13.0 Å². The zero-order valence-corrected chi connectivity index (χ0v) is 10.9. The van der Waals surface area contributed by atoms with Crippen LogP contribution in [-0.2, 0) is 14.3 Å². The van der Waals surface area contributed by atoms with E-state index in [1.807, 2.05) is 0 Å². The molecule has 18 heavy (non-hydrogen) atoms. The standard InChI is InChI=1S/C12H21N3O3/c1-13-9-7-14-6-5-8-3-4-10(12(17)18-2)15(8)11(9)16/h8-10,13-14H,3-7H2,1-2H3/t8-,9+,10+/m1/s1. The van der Waals surface area contributed by atoms with Gasteiger partial charge in [0.2, 0.25) is 5.91 Å². The van der Waals surface area contributed by atoms with Gasteiger partial charge in [0.1, 0.15) is 6.04 Å². The number of nitrogens with zero attached hydrogens (tertiary/aromatic N) is 1. The lowest BCUT2D eigenvalue weighted by Crippen LogP contribution is -2.57. The number of methoxy groups -OCH3 is 1. The van der Waals surface area contributed by atoms with Crippen molar-refractivity contribution in [1.82, 2.24) is 15.5 Å². The first-order valence-electron chi connectivity index (χ1n) is 6.47. The maximum Gasteiger partial charge on any atom is 0.328 e. The number of hydrogen-bond acceptors (Lipinski definition) is 5. The molecule has 2 saturated heterocycles. The molecule has 0 radical (unpaired) electrons. The summed E-state index contributed by atoms with van der Waals surface area (Å²) in [7, 11) is 3.14. The largest absolute Gasteiger partial charge is 0.467 e. The van der Waals surface area contributed by atoms with Crippen LogP contribution in [0.15, 0.2) is 0 Å². The van der Waals surface area contributed by atoms with Gasteiger partial charge in [0.15, 0.2) is 0 Å². The second-order valence-corrected chi connectivity index (χ2v) is 4.85. The molecule has 0 aromatic carbocycles. The van der Waals surface area contributed by atoms with Gasteiger partial charge in [-0.05, 0) is 32.9 Å². The van der Waals surface area contributed by atoms with Crippen molar-refractivity contribution in [3.8, 4) is 0 Å². The molecule has 6 heteroatoms. The number of hydrogen-bond donors (Lipinski definition) is 2. The third-order valence-corrected chi connectivity index (χ3v) is 3.88. The fraction of sp³-hybridized carbons (Fsp3) is 0.833. The zero-order chi connectivity index (χ0) is 13.1. The summed E-state index contributed by atoms with van der Waals surface area (Å²) in [5.41, 5.74) is 0. The van der Waals surface area contributed by atoms with Crippen LogP contribution in [0.2, 0.25) is 0 Å². The van der Waals surface area contributed by atoms with Crippen molar-refractivity contribution in [1.29, 1.82) is 0 Å². The first kappa shape index (κ1) is 13.3. The second-order valence-electron chi connectivity index (χ2n) is 4.85. The highest BCUT2D eigenvalue weighted by Crippen LogP contribution is 2.28. The number of nitrogens with one attached hydrogen (secondary N) is 2. The van der Waals surface area contributed by atoms with Gasteiger partial charge in [0, 0.05) is 12.6 Å². The van der Waals surface area contributed by atoms with Gasteiger partial charge in [-0.25, -0.2) is 4.79 Å². The van der Waals surface area contributed by atoms with E-state index in [-0.39, 0.29) is 24.0 Å². The predicted octanol–water partition coefficient (Wildman–Crippen LogP) is -0.900. The number of esters is 1. The molecule has 3 atom stereocenters. The maximum absolute atomic E-state index is 12.5.